The zero-order chi connectivity index (χ0) is 9.14. The predicted octanol–water partition coefficient (Wildman–Crippen LogP) is -0.645. The second-order valence-corrected chi connectivity index (χ2v) is 2.45. The van der Waals surface area contributed by atoms with Crippen molar-refractivity contribution in [1.29, 1.82) is 0 Å². The molecule has 1 fully saturated rings. The monoisotopic (exact) mass is 171 g/mol. The van der Waals surface area contributed by atoms with Gasteiger partial charge in [-0.15, -0.1) is 0 Å². The maximum absolute atomic E-state index is 10.8. The average molecular weight is 171 g/mol. The molecule has 1 saturated heterocycles. The summed E-state index contributed by atoms with van der Waals surface area (Å²) in [6.45, 7) is 1.62. The fourth-order valence-electron chi connectivity index (χ4n) is 0.867. The molecule has 0 aromatic rings. The van der Waals surface area contributed by atoms with Gasteiger partial charge in [0, 0.05) is 6.42 Å². The number of hydrogen-bond donors (Lipinski definition) is 1. The first kappa shape index (κ1) is 8.70. The van der Waals surface area contributed by atoms with Crippen molar-refractivity contribution in [3.05, 3.63) is 0 Å². The van der Waals surface area contributed by atoms with Crippen LogP contribution >= 0.6 is 0 Å². The minimum Gasteiger partial charge on any atom is -0.452 e. The predicted molar refractivity (Wildman–Crippen MR) is 37.9 cm³/mol. The molecule has 1 unspecified atom stereocenters. The molecule has 1 atom stereocenters. The van der Waals surface area contributed by atoms with Gasteiger partial charge >= 0.3 is 5.97 Å². The van der Waals surface area contributed by atoms with Crippen LogP contribution in [-0.4, -0.2) is 23.9 Å². The number of imide groups is 1. The lowest BCUT2D eigenvalue weighted by molar-refractivity contribution is -0.153. The Morgan fingerprint density at radius 2 is 2.33 bits per heavy atom. The topological polar surface area (TPSA) is 72.5 Å². The first-order chi connectivity index (χ1) is 5.63. The molecule has 12 heavy (non-hydrogen) atoms. The van der Waals surface area contributed by atoms with E-state index >= 15 is 0 Å². The Kier molecular flexibility index (Phi) is 2.42. The van der Waals surface area contributed by atoms with Gasteiger partial charge in [0.15, 0.2) is 6.10 Å². The van der Waals surface area contributed by atoms with Gasteiger partial charge in [0.05, 0.1) is 6.42 Å². The van der Waals surface area contributed by atoms with Gasteiger partial charge in [0.2, 0.25) is 5.91 Å². The highest BCUT2D eigenvalue weighted by Crippen LogP contribution is 2.06. The maximum Gasteiger partial charge on any atom is 0.306 e. The molecule has 0 radical (unpaired) electrons. The van der Waals surface area contributed by atoms with Crippen LogP contribution in [0.15, 0.2) is 0 Å². The Labute approximate surface area is 69.1 Å². The molecule has 0 aromatic carbocycles. The second kappa shape index (κ2) is 3.34. The maximum atomic E-state index is 10.8. The highest BCUT2D eigenvalue weighted by Gasteiger charge is 2.33. The third kappa shape index (κ3) is 1.81. The summed E-state index contributed by atoms with van der Waals surface area (Å²) in [5.74, 6) is -1.39. The van der Waals surface area contributed by atoms with Gasteiger partial charge in [-0.1, -0.05) is 6.92 Å². The lowest BCUT2D eigenvalue weighted by atomic mass is 10.3. The van der Waals surface area contributed by atoms with Gasteiger partial charge in [-0.05, 0) is 0 Å². The van der Waals surface area contributed by atoms with Crippen LogP contribution in [-0.2, 0) is 19.1 Å². The van der Waals surface area contributed by atoms with Crippen molar-refractivity contribution in [1.82, 2.24) is 5.32 Å². The summed E-state index contributed by atoms with van der Waals surface area (Å²) in [5, 5.41) is 2.04. The minimum absolute atomic E-state index is 0.0510. The van der Waals surface area contributed by atoms with E-state index in [1.807, 2.05) is 5.32 Å². The zero-order valence-electron chi connectivity index (χ0n) is 6.62. The highest BCUT2D eigenvalue weighted by molar-refractivity contribution is 6.05. The van der Waals surface area contributed by atoms with E-state index in [4.69, 9.17) is 0 Å². The molecule has 5 nitrogen and oxygen atoms in total. The number of esters is 1. The molecule has 0 spiro atoms. The normalized spacial score (nSPS) is 22.2. The fraction of sp³-hybridized carbons (Fsp3) is 0.571. The van der Waals surface area contributed by atoms with Crippen LogP contribution in [0.4, 0.5) is 0 Å². The van der Waals surface area contributed by atoms with E-state index < -0.39 is 23.9 Å². The first-order valence-electron chi connectivity index (χ1n) is 3.66. The van der Waals surface area contributed by atoms with Crippen molar-refractivity contribution >= 4 is 17.8 Å². The minimum atomic E-state index is -0.912. The van der Waals surface area contributed by atoms with Gasteiger partial charge < -0.3 is 4.74 Å². The van der Waals surface area contributed by atoms with Gasteiger partial charge in [0.25, 0.3) is 5.91 Å². The number of ether oxygens (including phenoxy) is 1. The third-order valence-electron chi connectivity index (χ3n) is 1.49. The average Bonchev–Trinajstić information content (AvgIpc) is 2.30. The van der Waals surface area contributed by atoms with Gasteiger partial charge in [-0.3, -0.25) is 19.7 Å². The van der Waals surface area contributed by atoms with E-state index in [1.54, 1.807) is 6.92 Å². The number of nitrogens with one attached hydrogen (secondary N) is 1. The van der Waals surface area contributed by atoms with E-state index in [0.29, 0.717) is 0 Å². The van der Waals surface area contributed by atoms with Crippen LogP contribution in [0.5, 0.6) is 0 Å². The summed E-state index contributed by atoms with van der Waals surface area (Å²) < 4.78 is 4.67. The molecule has 2 amide bonds. The summed E-state index contributed by atoms with van der Waals surface area (Å²) in [5.41, 5.74) is 0. The quantitative estimate of drug-likeness (QED) is 0.443. The van der Waals surface area contributed by atoms with E-state index in [0.717, 1.165) is 0 Å². The Morgan fingerprint density at radius 3 is 2.75 bits per heavy atom. The molecule has 1 N–H and O–H groups in total. The summed E-state index contributed by atoms with van der Waals surface area (Å²) in [4.78, 5) is 32.1. The lowest BCUT2D eigenvalue weighted by Gasteiger charge is -2.05. The van der Waals surface area contributed by atoms with Crippen LogP contribution in [0.2, 0.25) is 0 Å². The third-order valence-corrected chi connectivity index (χ3v) is 1.49. The summed E-state index contributed by atoms with van der Waals surface area (Å²) in [6.07, 6.45) is -0.757. The second-order valence-electron chi connectivity index (χ2n) is 2.45. The Morgan fingerprint density at radius 1 is 1.67 bits per heavy atom. The van der Waals surface area contributed by atoms with E-state index in [2.05, 4.69) is 4.74 Å². The molecule has 0 bridgehead atoms. The summed E-state index contributed by atoms with van der Waals surface area (Å²) in [7, 11) is 0. The van der Waals surface area contributed by atoms with Crippen molar-refractivity contribution in [2.24, 2.45) is 0 Å². The SMILES string of the molecule is CCC(=O)OC1CC(=O)NC1=O. The molecule has 1 heterocycles. The van der Waals surface area contributed by atoms with Crippen molar-refractivity contribution < 1.29 is 19.1 Å². The zero-order valence-corrected chi connectivity index (χ0v) is 6.62. The van der Waals surface area contributed by atoms with Gasteiger partial charge in [-0.25, -0.2) is 0 Å². The standard InChI is InChI=1S/C7H9NO4/c1-2-6(10)12-4-3-5(9)8-7(4)11/h4H,2-3H2,1H3,(H,8,9,11). The van der Waals surface area contributed by atoms with Gasteiger partial charge in [0.1, 0.15) is 0 Å². The van der Waals surface area contributed by atoms with Crippen LogP contribution in [0.3, 0.4) is 0 Å². The van der Waals surface area contributed by atoms with Crippen molar-refractivity contribution in [2.45, 2.75) is 25.9 Å². The smallest absolute Gasteiger partial charge is 0.306 e. The number of rotatable bonds is 2. The molecule has 0 aliphatic carbocycles. The molecular weight excluding hydrogens is 162 g/mol. The van der Waals surface area contributed by atoms with Crippen molar-refractivity contribution in [2.75, 3.05) is 0 Å². The molecule has 1 aliphatic rings. The highest BCUT2D eigenvalue weighted by atomic mass is 16.5. The molecule has 0 saturated carbocycles. The molecule has 0 aromatic heterocycles. The molecule has 1 rings (SSSR count). The van der Waals surface area contributed by atoms with Crippen LogP contribution in [0, 0.1) is 0 Å². The van der Waals surface area contributed by atoms with Crippen molar-refractivity contribution in [3.8, 4) is 0 Å². The van der Waals surface area contributed by atoms with E-state index in [9.17, 15) is 14.4 Å². The van der Waals surface area contributed by atoms with Crippen LogP contribution in [0.25, 0.3) is 0 Å². The molecule has 5 heteroatoms. The Balaban J connectivity index is 2.48. The largest absolute Gasteiger partial charge is 0.452 e. The van der Waals surface area contributed by atoms with E-state index in [-0.39, 0.29) is 12.8 Å². The number of carbonyl (C=O) groups excluding carboxylic acids is 3. The number of carbonyl (C=O) groups is 3. The lowest BCUT2D eigenvalue weighted by Crippen LogP contribution is -2.28. The van der Waals surface area contributed by atoms with Crippen LogP contribution in [0.1, 0.15) is 19.8 Å². The molecule has 66 valence electrons. The number of amides is 2. The Bertz CT molecular complexity index is 236. The summed E-state index contributed by atoms with van der Waals surface area (Å²) in [6, 6.07) is 0. The van der Waals surface area contributed by atoms with Crippen molar-refractivity contribution in [3.63, 3.8) is 0 Å². The molecular formula is C7H9NO4. The van der Waals surface area contributed by atoms with E-state index in [1.165, 1.54) is 0 Å². The summed E-state index contributed by atoms with van der Waals surface area (Å²) >= 11 is 0. The first-order valence-corrected chi connectivity index (χ1v) is 3.66. The fourth-order valence-corrected chi connectivity index (χ4v) is 0.867. The van der Waals surface area contributed by atoms with Gasteiger partial charge in [-0.2, -0.15) is 0 Å². The Hall–Kier alpha value is -1.39. The molecule has 1 aliphatic heterocycles. The number of hydrogen-bond acceptors (Lipinski definition) is 4. The van der Waals surface area contributed by atoms with Crippen LogP contribution < -0.4 is 5.32 Å².